The number of aromatic amines is 1. The highest BCUT2D eigenvalue weighted by Gasteiger charge is 2.07. The molecule has 2 aromatic carbocycles. The van der Waals surface area contributed by atoms with Crippen molar-refractivity contribution in [1.82, 2.24) is 9.97 Å². The number of nitrogens with one attached hydrogen (secondary N) is 1. The Morgan fingerprint density at radius 3 is 2.62 bits per heavy atom. The molecular formula is C28H24N2O4. The van der Waals surface area contributed by atoms with E-state index in [1.165, 1.54) is 12.2 Å². The molecule has 0 saturated heterocycles. The summed E-state index contributed by atoms with van der Waals surface area (Å²) >= 11 is 0. The number of allylic oxidation sites excluding steroid dienone is 2. The van der Waals surface area contributed by atoms with Crippen molar-refractivity contribution in [1.29, 1.82) is 0 Å². The Kier molecular flexibility index (Phi) is 7.30. The predicted molar refractivity (Wildman–Crippen MR) is 133 cm³/mol. The molecular weight excluding hydrogens is 428 g/mol. The van der Waals surface area contributed by atoms with Gasteiger partial charge in [0.15, 0.2) is 11.6 Å². The predicted octanol–water partition coefficient (Wildman–Crippen LogP) is 5.41. The number of pyridine rings is 1. The Bertz CT molecular complexity index is 1350. The van der Waals surface area contributed by atoms with E-state index in [0.717, 1.165) is 22.2 Å². The SMILES string of the molecule is COc1ccc(OCc2ccccn2)cc1/C=C/C(=O)CC(=O)/C=C/c1ccc2[nH]ccc2c1. The number of benzene rings is 2. The Hall–Kier alpha value is -4.45. The van der Waals surface area contributed by atoms with Gasteiger partial charge in [-0.3, -0.25) is 14.6 Å². The second-order valence-corrected chi connectivity index (χ2v) is 7.61. The third-order valence-corrected chi connectivity index (χ3v) is 5.15. The average molecular weight is 453 g/mol. The number of ketones is 2. The van der Waals surface area contributed by atoms with Gasteiger partial charge in [0, 0.05) is 23.5 Å². The molecule has 0 saturated carbocycles. The first-order valence-corrected chi connectivity index (χ1v) is 10.8. The van der Waals surface area contributed by atoms with Crippen molar-refractivity contribution >= 4 is 34.6 Å². The molecule has 0 bridgehead atoms. The third kappa shape index (κ3) is 6.07. The maximum Gasteiger partial charge on any atom is 0.163 e. The van der Waals surface area contributed by atoms with Crippen LogP contribution in [0.3, 0.4) is 0 Å². The lowest BCUT2D eigenvalue weighted by Gasteiger charge is -2.09. The van der Waals surface area contributed by atoms with Gasteiger partial charge in [0.2, 0.25) is 0 Å². The number of ether oxygens (including phenoxy) is 2. The molecule has 34 heavy (non-hydrogen) atoms. The molecule has 0 fully saturated rings. The number of carbonyl (C=O) groups excluding carboxylic acids is 2. The van der Waals surface area contributed by atoms with Gasteiger partial charge < -0.3 is 14.5 Å². The van der Waals surface area contributed by atoms with Crippen LogP contribution in [0.25, 0.3) is 23.1 Å². The molecule has 4 aromatic rings. The number of hydrogen-bond donors (Lipinski definition) is 1. The molecule has 4 rings (SSSR count). The smallest absolute Gasteiger partial charge is 0.163 e. The number of fused-ring (bicyclic) bond motifs is 1. The fourth-order valence-corrected chi connectivity index (χ4v) is 3.41. The molecule has 0 atom stereocenters. The quantitative estimate of drug-likeness (QED) is 0.257. The van der Waals surface area contributed by atoms with Gasteiger partial charge in [0.05, 0.1) is 19.2 Å². The van der Waals surface area contributed by atoms with Crippen LogP contribution in [0.1, 0.15) is 23.2 Å². The fraction of sp³-hybridized carbons (Fsp3) is 0.107. The van der Waals surface area contributed by atoms with Gasteiger partial charge >= 0.3 is 0 Å². The molecule has 0 unspecified atom stereocenters. The summed E-state index contributed by atoms with van der Waals surface area (Å²) < 4.78 is 11.2. The minimum Gasteiger partial charge on any atom is -0.496 e. The van der Waals surface area contributed by atoms with E-state index >= 15 is 0 Å². The molecule has 6 nitrogen and oxygen atoms in total. The number of carbonyl (C=O) groups is 2. The lowest BCUT2D eigenvalue weighted by Crippen LogP contribution is -2.02. The maximum atomic E-state index is 12.3. The summed E-state index contributed by atoms with van der Waals surface area (Å²) in [5, 5.41) is 1.06. The van der Waals surface area contributed by atoms with Gasteiger partial charge in [0.1, 0.15) is 18.1 Å². The monoisotopic (exact) mass is 452 g/mol. The number of rotatable bonds is 10. The molecule has 0 aliphatic heterocycles. The molecule has 0 spiro atoms. The van der Waals surface area contributed by atoms with Crippen LogP contribution >= 0.6 is 0 Å². The number of aromatic nitrogens is 2. The van der Waals surface area contributed by atoms with Crippen molar-refractivity contribution in [3.05, 3.63) is 102 Å². The van der Waals surface area contributed by atoms with Gasteiger partial charge in [-0.25, -0.2) is 0 Å². The molecule has 0 radical (unpaired) electrons. The Morgan fingerprint density at radius 2 is 1.82 bits per heavy atom. The van der Waals surface area contributed by atoms with Crippen molar-refractivity contribution in [2.24, 2.45) is 0 Å². The largest absolute Gasteiger partial charge is 0.496 e. The standard InChI is InChI=1S/C28H24N2O4/c1-33-28-12-10-26(34-19-23-4-2-3-14-29-23)17-22(28)7-9-25(32)18-24(31)8-5-20-6-11-27-21(16-20)13-15-30-27/h2-17,30H,18-19H2,1H3/b8-5+,9-7+. The summed E-state index contributed by atoms with van der Waals surface area (Å²) in [4.78, 5) is 32.0. The zero-order chi connectivity index (χ0) is 23.8. The Labute approximate surface area is 197 Å². The van der Waals surface area contributed by atoms with Gasteiger partial charge in [0.25, 0.3) is 0 Å². The highest BCUT2D eigenvalue weighted by Crippen LogP contribution is 2.26. The van der Waals surface area contributed by atoms with Crippen LogP contribution in [-0.4, -0.2) is 28.6 Å². The van der Waals surface area contributed by atoms with Crippen LogP contribution < -0.4 is 9.47 Å². The van der Waals surface area contributed by atoms with E-state index < -0.39 is 0 Å². The van der Waals surface area contributed by atoms with E-state index in [4.69, 9.17) is 9.47 Å². The summed E-state index contributed by atoms with van der Waals surface area (Å²) in [6, 6.07) is 18.8. The van der Waals surface area contributed by atoms with E-state index in [2.05, 4.69) is 9.97 Å². The van der Waals surface area contributed by atoms with Crippen molar-refractivity contribution < 1.29 is 19.1 Å². The van der Waals surface area contributed by atoms with Crippen LogP contribution in [0.5, 0.6) is 11.5 Å². The van der Waals surface area contributed by atoms with Gasteiger partial charge in [-0.15, -0.1) is 0 Å². The number of H-pyrrole nitrogens is 1. The van der Waals surface area contributed by atoms with Crippen LogP contribution in [0.2, 0.25) is 0 Å². The summed E-state index contributed by atoms with van der Waals surface area (Å²) in [5.41, 5.74) is 3.42. The summed E-state index contributed by atoms with van der Waals surface area (Å²) in [6.07, 6.45) is 9.54. The van der Waals surface area contributed by atoms with Crippen LogP contribution in [0.15, 0.2) is 85.2 Å². The van der Waals surface area contributed by atoms with E-state index in [1.54, 1.807) is 43.7 Å². The average Bonchev–Trinajstić information content (AvgIpc) is 3.33. The highest BCUT2D eigenvalue weighted by atomic mass is 16.5. The molecule has 170 valence electrons. The summed E-state index contributed by atoms with van der Waals surface area (Å²) in [6.45, 7) is 0.326. The van der Waals surface area contributed by atoms with Gasteiger partial charge in [-0.05, 0) is 77.7 Å². The topological polar surface area (TPSA) is 81.3 Å². The van der Waals surface area contributed by atoms with Crippen LogP contribution in [-0.2, 0) is 16.2 Å². The molecule has 1 N–H and O–H groups in total. The third-order valence-electron chi connectivity index (χ3n) is 5.15. The Balaban J connectivity index is 1.36. The minimum atomic E-state index is -0.294. The van der Waals surface area contributed by atoms with Crippen molar-refractivity contribution in [3.63, 3.8) is 0 Å². The molecule has 2 aromatic heterocycles. The minimum absolute atomic E-state index is 0.211. The normalized spacial score (nSPS) is 11.3. The van der Waals surface area contributed by atoms with Crippen LogP contribution in [0, 0.1) is 0 Å². The fourth-order valence-electron chi connectivity index (χ4n) is 3.41. The number of methoxy groups -OCH3 is 1. The Morgan fingerprint density at radius 1 is 0.971 bits per heavy atom. The van der Waals surface area contributed by atoms with Crippen molar-refractivity contribution in [2.75, 3.05) is 7.11 Å². The van der Waals surface area contributed by atoms with Gasteiger partial charge in [-0.1, -0.05) is 18.2 Å². The zero-order valence-electron chi connectivity index (χ0n) is 18.7. The zero-order valence-corrected chi connectivity index (χ0v) is 18.7. The molecule has 6 heteroatoms. The van der Waals surface area contributed by atoms with E-state index in [1.807, 2.05) is 48.7 Å². The summed E-state index contributed by atoms with van der Waals surface area (Å²) in [7, 11) is 1.56. The second kappa shape index (κ2) is 10.9. The van der Waals surface area contributed by atoms with E-state index in [-0.39, 0.29) is 18.0 Å². The van der Waals surface area contributed by atoms with Gasteiger partial charge in [-0.2, -0.15) is 0 Å². The van der Waals surface area contributed by atoms with E-state index in [0.29, 0.717) is 23.7 Å². The molecule has 0 amide bonds. The molecule has 2 heterocycles. The first kappa shape index (κ1) is 22.7. The lowest BCUT2D eigenvalue weighted by molar-refractivity contribution is -0.121. The maximum absolute atomic E-state index is 12.3. The van der Waals surface area contributed by atoms with Crippen LogP contribution in [0.4, 0.5) is 0 Å². The second-order valence-electron chi connectivity index (χ2n) is 7.61. The first-order chi connectivity index (χ1) is 16.6. The van der Waals surface area contributed by atoms with Crippen molar-refractivity contribution in [3.8, 4) is 11.5 Å². The number of nitrogens with zero attached hydrogens (tertiary/aromatic N) is 1. The number of hydrogen-bond acceptors (Lipinski definition) is 5. The molecule has 0 aliphatic carbocycles. The first-order valence-electron chi connectivity index (χ1n) is 10.8. The lowest BCUT2D eigenvalue weighted by atomic mass is 10.1. The summed E-state index contributed by atoms with van der Waals surface area (Å²) in [5.74, 6) is 0.665. The van der Waals surface area contributed by atoms with E-state index in [9.17, 15) is 9.59 Å². The molecule has 0 aliphatic rings. The highest BCUT2D eigenvalue weighted by molar-refractivity contribution is 6.11. The van der Waals surface area contributed by atoms with Crippen molar-refractivity contribution in [2.45, 2.75) is 13.0 Å².